The fraction of sp³-hybridized carbons (Fsp3) is 0.818. The van der Waals surface area contributed by atoms with Gasteiger partial charge < -0.3 is 29.5 Å². The van der Waals surface area contributed by atoms with Crippen LogP contribution in [0.1, 0.15) is 6.92 Å². The molecular formula is C11H26B3N3O3. The smallest absolute Gasteiger partial charge is 0.417 e. The number of likely N-dealkylation sites (N-methyl/N-ethyl adjacent to an activating group) is 1. The fourth-order valence-electron chi connectivity index (χ4n) is 1.95. The third-order valence-electron chi connectivity index (χ3n) is 3.38. The monoisotopic (exact) mass is 281 g/mol. The van der Waals surface area contributed by atoms with Crippen molar-refractivity contribution in [3.63, 3.8) is 0 Å². The lowest BCUT2D eigenvalue weighted by molar-refractivity contribution is 0.296. The van der Waals surface area contributed by atoms with Crippen molar-refractivity contribution in [2.24, 2.45) is 0 Å². The summed E-state index contributed by atoms with van der Waals surface area (Å²) in [5.41, 5.74) is 0. The van der Waals surface area contributed by atoms with E-state index in [4.69, 9.17) is 6.42 Å². The minimum Gasteiger partial charge on any atom is -0.437 e. The predicted molar refractivity (Wildman–Crippen MR) is 85.9 cm³/mol. The van der Waals surface area contributed by atoms with Crippen LogP contribution in [0, 0.1) is 12.5 Å². The first-order chi connectivity index (χ1) is 9.33. The molecule has 3 N–H and O–H groups in total. The van der Waals surface area contributed by atoms with Crippen molar-refractivity contribution in [1.82, 2.24) is 14.4 Å². The second kappa shape index (κ2) is 10.1. The van der Waals surface area contributed by atoms with Crippen molar-refractivity contribution in [3.8, 4) is 12.5 Å². The highest BCUT2D eigenvalue weighted by Gasteiger charge is 2.21. The molecule has 0 amide bonds. The summed E-state index contributed by atoms with van der Waals surface area (Å²) in [6.45, 7) is 10.1. The molecule has 20 heavy (non-hydrogen) atoms. The Morgan fingerprint density at radius 2 is 1.30 bits per heavy atom. The quantitative estimate of drug-likeness (QED) is 0.266. The van der Waals surface area contributed by atoms with Gasteiger partial charge in [-0.15, -0.1) is 0 Å². The predicted octanol–water partition coefficient (Wildman–Crippen LogP) is -1.17. The SMILES string of the molecule is C#CN(CCN(CCN(CC)B(C)O)B(C)O)B(C)O. The zero-order valence-electron chi connectivity index (χ0n) is 13.0. The fourth-order valence-corrected chi connectivity index (χ4v) is 1.95. The van der Waals surface area contributed by atoms with Crippen LogP contribution in [0.15, 0.2) is 0 Å². The molecule has 0 aromatic heterocycles. The second-order valence-corrected chi connectivity index (χ2v) is 4.88. The summed E-state index contributed by atoms with van der Waals surface area (Å²) in [6, 6.07) is 2.41. The van der Waals surface area contributed by atoms with Crippen LogP contribution in [-0.2, 0) is 0 Å². The molecule has 0 saturated carbocycles. The molecular weight excluding hydrogens is 255 g/mol. The number of rotatable bonds is 10. The van der Waals surface area contributed by atoms with Crippen molar-refractivity contribution in [3.05, 3.63) is 0 Å². The average molecular weight is 281 g/mol. The molecule has 0 atom stereocenters. The van der Waals surface area contributed by atoms with Crippen molar-refractivity contribution >= 4 is 21.2 Å². The van der Waals surface area contributed by atoms with E-state index in [1.807, 2.05) is 16.5 Å². The van der Waals surface area contributed by atoms with Gasteiger partial charge in [0, 0.05) is 26.2 Å². The lowest BCUT2D eigenvalue weighted by Crippen LogP contribution is -2.49. The number of nitrogens with zero attached hydrogens (tertiary/aromatic N) is 3. The van der Waals surface area contributed by atoms with Crippen LogP contribution in [0.5, 0.6) is 0 Å². The molecule has 0 bridgehead atoms. The second-order valence-electron chi connectivity index (χ2n) is 4.88. The molecule has 0 aliphatic carbocycles. The van der Waals surface area contributed by atoms with Crippen LogP contribution >= 0.6 is 0 Å². The van der Waals surface area contributed by atoms with Crippen LogP contribution < -0.4 is 0 Å². The van der Waals surface area contributed by atoms with Gasteiger partial charge in [0.25, 0.3) is 0 Å². The van der Waals surface area contributed by atoms with Gasteiger partial charge in [-0.2, -0.15) is 0 Å². The molecule has 6 nitrogen and oxygen atoms in total. The van der Waals surface area contributed by atoms with E-state index in [0.717, 1.165) is 6.54 Å². The van der Waals surface area contributed by atoms with Crippen molar-refractivity contribution in [2.75, 3.05) is 32.7 Å². The first kappa shape index (κ1) is 19.4. The highest BCUT2D eigenvalue weighted by Crippen LogP contribution is 1.99. The van der Waals surface area contributed by atoms with Gasteiger partial charge in [-0.1, -0.05) is 13.3 Å². The molecule has 0 aliphatic heterocycles. The molecule has 9 heteroatoms. The third kappa shape index (κ3) is 7.22. The van der Waals surface area contributed by atoms with Crippen LogP contribution in [0.3, 0.4) is 0 Å². The Bertz CT molecular complexity index is 300. The third-order valence-corrected chi connectivity index (χ3v) is 3.38. The van der Waals surface area contributed by atoms with Crippen LogP contribution in [0.4, 0.5) is 0 Å². The summed E-state index contributed by atoms with van der Waals surface area (Å²) in [5, 5.41) is 28.8. The van der Waals surface area contributed by atoms with Crippen molar-refractivity contribution in [1.29, 1.82) is 0 Å². The van der Waals surface area contributed by atoms with Crippen LogP contribution in [-0.4, -0.2) is 83.4 Å². The lowest BCUT2D eigenvalue weighted by Gasteiger charge is -2.30. The van der Waals surface area contributed by atoms with E-state index < -0.39 is 21.2 Å². The molecule has 0 unspecified atom stereocenters. The molecule has 0 aromatic carbocycles. The van der Waals surface area contributed by atoms with E-state index in [2.05, 4.69) is 6.04 Å². The Kier molecular flexibility index (Phi) is 9.81. The normalized spacial score (nSPS) is 10.6. The molecule has 0 aromatic rings. The maximum absolute atomic E-state index is 9.77. The zero-order chi connectivity index (χ0) is 15.7. The van der Waals surface area contributed by atoms with Gasteiger partial charge in [0.2, 0.25) is 0 Å². The molecule has 0 fully saturated rings. The minimum absolute atomic E-state index is 0.472. The Labute approximate surface area is 124 Å². The van der Waals surface area contributed by atoms with E-state index in [9.17, 15) is 15.1 Å². The van der Waals surface area contributed by atoms with Gasteiger partial charge in [0.15, 0.2) is 0 Å². The van der Waals surface area contributed by atoms with E-state index >= 15 is 0 Å². The summed E-state index contributed by atoms with van der Waals surface area (Å²) in [5.74, 6) is 0. The van der Waals surface area contributed by atoms with Crippen LogP contribution in [0.2, 0.25) is 20.5 Å². The Hall–Kier alpha value is -0.645. The van der Waals surface area contributed by atoms with Gasteiger partial charge in [-0.05, 0) is 33.1 Å². The first-order valence-corrected chi connectivity index (χ1v) is 7.08. The van der Waals surface area contributed by atoms with E-state index in [0.29, 0.717) is 26.2 Å². The molecule has 0 heterocycles. The highest BCUT2D eigenvalue weighted by molar-refractivity contribution is 6.46. The molecule has 0 saturated heterocycles. The first-order valence-electron chi connectivity index (χ1n) is 7.08. The summed E-state index contributed by atoms with van der Waals surface area (Å²) in [6.07, 6.45) is 5.31. The summed E-state index contributed by atoms with van der Waals surface area (Å²) in [7, 11) is -1.81. The highest BCUT2D eigenvalue weighted by atomic mass is 16.2. The summed E-state index contributed by atoms with van der Waals surface area (Å²) in [4.78, 5) is 5.24. The lowest BCUT2D eigenvalue weighted by atomic mass is 9.82. The van der Waals surface area contributed by atoms with E-state index in [-0.39, 0.29) is 0 Å². The molecule has 0 radical (unpaired) electrons. The van der Waals surface area contributed by atoms with Crippen LogP contribution in [0.25, 0.3) is 0 Å². The van der Waals surface area contributed by atoms with Gasteiger partial charge in [0.05, 0.1) is 0 Å². The van der Waals surface area contributed by atoms with Gasteiger partial charge >= 0.3 is 21.2 Å². The number of hydrogen-bond acceptors (Lipinski definition) is 6. The maximum Gasteiger partial charge on any atom is 0.417 e. The Balaban J connectivity index is 4.34. The zero-order valence-corrected chi connectivity index (χ0v) is 13.0. The standard InChI is InChI=1S/C11H26B3N3O3/c1-6-15(12(3)18)8-10-17(14(5)20)11-9-16(7-2)13(4)19/h1,18-20H,7-11H2,2-5H3. The largest absolute Gasteiger partial charge is 0.437 e. The molecule has 112 valence electrons. The molecule has 0 rings (SSSR count). The maximum atomic E-state index is 9.77. The number of terminal acetylenes is 1. The van der Waals surface area contributed by atoms with Crippen molar-refractivity contribution in [2.45, 2.75) is 27.4 Å². The summed E-state index contributed by atoms with van der Waals surface area (Å²) >= 11 is 0. The van der Waals surface area contributed by atoms with Gasteiger partial charge in [-0.3, -0.25) is 0 Å². The van der Waals surface area contributed by atoms with Gasteiger partial charge in [-0.25, -0.2) is 0 Å². The Morgan fingerprint density at radius 1 is 0.850 bits per heavy atom. The number of hydrogen-bond donors (Lipinski definition) is 3. The minimum atomic E-state index is -0.708. The van der Waals surface area contributed by atoms with E-state index in [1.54, 1.807) is 20.5 Å². The molecule has 0 aliphatic rings. The molecule has 0 spiro atoms. The average Bonchev–Trinajstić information content (AvgIpc) is 2.36. The van der Waals surface area contributed by atoms with Gasteiger partial charge in [0.1, 0.15) is 0 Å². The van der Waals surface area contributed by atoms with E-state index in [1.165, 1.54) is 4.81 Å². The topological polar surface area (TPSA) is 70.4 Å². The van der Waals surface area contributed by atoms with Crippen molar-refractivity contribution < 1.29 is 15.1 Å². The Morgan fingerprint density at radius 3 is 1.65 bits per heavy atom. The summed E-state index contributed by atoms with van der Waals surface area (Å²) < 4.78 is 0.